The second kappa shape index (κ2) is 6.54. The van der Waals surface area contributed by atoms with E-state index in [-0.39, 0.29) is 29.4 Å². The van der Waals surface area contributed by atoms with E-state index in [2.05, 4.69) is 15.0 Å². The molecule has 4 N–H and O–H groups in total. The molecule has 118 valence electrons. The summed E-state index contributed by atoms with van der Waals surface area (Å²) in [6.45, 7) is 0.233. The molecule has 8 nitrogen and oxygen atoms in total. The van der Waals surface area contributed by atoms with Crippen LogP contribution in [-0.4, -0.2) is 43.0 Å². The maximum absolute atomic E-state index is 11.9. The van der Waals surface area contributed by atoms with Gasteiger partial charge in [0.1, 0.15) is 0 Å². The number of aryl methyl sites for hydroxylation is 1. The van der Waals surface area contributed by atoms with E-state index >= 15 is 0 Å². The molecule has 0 radical (unpaired) electrons. The number of imidazole rings is 1. The van der Waals surface area contributed by atoms with Crippen molar-refractivity contribution < 1.29 is 13.2 Å². The molecule has 1 aliphatic rings. The first-order chi connectivity index (χ1) is 9.92. The summed E-state index contributed by atoms with van der Waals surface area (Å²) >= 11 is 0. The van der Waals surface area contributed by atoms with Crippen LogP contribution in [0, 0.1) is 5.92 Å². The lowest BCUT2D eigenvalue weighted by molar-refractivity contribution is -0.120. The number of hydrogen-bond donors (Lipinski definition) is 3. The van der Waals surface area contributed by atoms with Gasteiger partial charge in [-0.05, 0) is 25.3 Å². The third-order valence-electron chi connectivity index (χ3n) is 3.69. The molecule has 2 unspecified atom stereocenters. The average molecular weight is 315 g/mol. The van der Waals surface area contributed by atoms with Crippen molar-refractivity contribution in [2.75, 3.05) is 13.1 Å². The summed E-state index contributed by atoms with van der Waals surface area (Å²) in [7, 11) is -2.08. The lowest BCUT2D eigenvalue weighted by atomic mass is 10.0. The molecule has 2 rings (SSSR count). The van der Waals surface area contributed by atoms with Crippen LogP contribution in [0.2, 0.25) is 0 Å². The molecule has 1 saturated carbocycles. The zero-order valence-electron chi connectivity index (χ0n) is 11.9. The van der Waals surface area contributed by atoms with E-state index in [1.807, 2.05) is 0 Å². The molecule has 1 aromatic rings. The van der Waals surface area contributed by atoms with Gasteiger partial charge in [-0.15, -0.1) is 0 Å². The number of aromatic nitrogens is 2. The van der Waals surface area contributed by atoms with E-state index in [1.54, 1.807) is 7.05 Å². The Bertz CT molecular complexity index is 598. The molecule has 0 spiro atoms. The minimum atomic E-state index is -3.75. The van der Waals surface area contributed by atoms with Crippen molar-refractivity contribution in [3.63, 3.8) is 0 Å². The highest BCUT2D eigenvalue weighted by molar-refractivity contribution is 7.89. The molecular formula is C12H21N5O3S. The second-order valence-corrected chi connectivity index (χ2v) is 7.02. The van der Waals surface area contributed by atoms with Crippen LogP contribution in [0.1, 0.15) is 19.3 Å². The normalized spacial score (nSPS) is 22.4. The van der Waals surface area contributed by atoms with Crippen molar-refractivity contribution in [1.82, 2.24) is 19.6 Å². The van der Waals surface area contributed by atoms with E-state index in [4.69, 9.17) is 5.73 Å². The van der Waals surface area contributed by atoms with Crippen LogP contribution in [0.3, 0.4) is 0 Å². The van der Waals surface area contributed by atoms with Crippen LogP contribution in [-0.2, 0) is 21.9 Å². The fourth-order valence-electron chi connectivity index (χ4n) is 2.53. The Balaban J connectivity index is 1.86. The number of nitrogens with one attached hydrogen (secondary N) is 2. The van der Waals surface area contributed by atoms with E-state index in [9.17, 15) is 13.2 Å². The number of amides is 1. The lowest BCUT2D eigenvalue weighted by Gasteiger charge is -2.19. The Morgan fingerprint density at radius 1 is 1.52 bits per heavy atom. The second-order valence-electron chi connectivity index (χ2n) is 5.30. The maximum Gasteiger partial charge on any atom is 0.260 e. The van der Waals surface area contributed by atoms with E-state index < -0.39 is 10.0 Å². The summed E-state index contributed by atoms with van der Waals surface area (Å²) in [6.07, 6.45) is 5.69. The quantitative estimate of drug-likeness (QED) is 0.618. The minimum Gasteiger partial charge on any atom is -0.352 e. The molecule has 1 aromatic heterocycles. The summed E-state index contributed by atoms with van der Waals surface area (Å²) in [6, 6.07) is 0.0434. The third-order valence-corrected chi connectivity index (χ3v) is 4.97. The molecule has 0 saturated heterocycles. The van der Waals surface area contributed by atoms with Gasteiger partial charge in [0.15, 0.2) is 5.03 Å². The van der Waals surface area contributed by atoms with Crippen molar-refractivity contribution in [2.45, 2.75) is 30.3 Å². The van der Waals surface area contributed by atoms with Gasteiger partial charge in [0.05, 0.1) is 12.9 Å². The van der Waals surface area contributed by atoms with Gasteiger partial charge < -0.3 is 15.6 Å². The molecule has 2 atom stereocenters. The fourth-order valence-corrected chi connectivity index (χ4v) is 3.49. The summed E-state index contributed by atoms with van der Waals surface area (Å²) in [5.41, 5.74) is 5.65. The monoisotopic (exact) mass is 315 g/mol. The Morgan fingerprint density at radius 3 is 2.90 bits per heavy atom. The predicted molar refractivity (Wildman–Crippen MR) is 76.7 cm³/mol. The van der Waals surface area contributed by atoms with E-state index in [0.717, 1.165) is 19.3 Å². The van der Waals surface area contributed by atoms with Gasteiger partial charge in [0, 0.05) is 19.3 Å². The Kier molecular flexibility index (Phi) is 4.96. The smallest absolute Gasteiger partial charge is 0.260 e. The molecule has 0 aliphatic heterocycles. The molecule has 0 bridgehead atoms. The summed E-state index contributed by atoms with van der Waals surface area (Å²) in [4.78, 5) is 15.6. The van der Waals surface area contributed by atoms with Gasteiger partial charge in [-0.2, -0.15) is 0 Å². The van der Waals surface area contributed by atoms with Crippen molar-refractivity contribution in [3.05, 3.63) is 12.5 Å². The third kappa shape index (κ3) is 4.02. The van der Waals surface area contributed by atoms with Crippen molar-refractivity contribution >= 4 is 15.9 Å². The topological polar surface area (TPSA) is 119 Å². The fraction of sp³-hybridized carbons (Fsp3) is 0.667. The van der Waals surface area contributed by atoms with Gasteiger partial charge in [-0.25, -0.2) is 18.1 Å². The highest BCUT2D eigenvalue weighted by Crippen LogP contribution is 2.24. The number of rotatable bonds is 6. The van der Waals surface area contributed by atoms with Crippen LogP contribution >= 0.6 is 0 Å². The first-order valence-electron chi connectivity index (χ1n) is 6.89. The summed E-state index contributed by atoms with van der Waals surface area (Å²) in [5.74, 6) is -0.0683. The first-order valence-corrected chi connectivity index (χ1v) is 8.38. The van der Waals surface area contributed by atoms with Crippen LogP contribution in [0.5, 0.6) is 0 Å². The SMILES string of the molecule is Cn1cnc(S(=O)(=O)NCC(=O)NC2CCCC2CN)c1. The molecule has 9 heteroatoms. The molecule has 21 heavy (non-hydrogen) atoms. The van der Waals surface area contributed by atoms with Crippen LogP contribution < -0.4 is 15.8 Å². The van der Waals surface area contributed by atoms with Crippen LogP contribution in [0.25, 0.3) is 0 Å². The number of nitrogens with two attached hydrogens (primary N) is 1. The highest BCUT2D eigenvalue weighted by Gasteiger charge is 2.27. The lowest BCUT2D eigenvalue weighted by Crippen LogP contribution is -2.44. The number of nitrogens with zero attached hydrogens (tertiary/aromatic N) is 2. The molecule has 1 amide bonds. The number of carbonyl (C=O) groups is 1. The van der Waals surface area contributed by atoms with Gasteiger partial charge in [-0.3, -0.25) is 4.79 Å². The first kappa shape index (κ1) is 15.9. The summed E-state index contributed by atoms with van der Waals surface area (Å²) in [5, 5.41) is 2.74. The minimum absolute atomic E-state index is 0.0434. The Morgan fingerprint density at radius 2 is 2.29 bits per heavy atom. The zero-order chi connectivity index (χ0) is 15.5. The molecule has 1 aliphatic carbocycles. The number of carbonyl (C=O) groups excluding carboxylic acids is 1. The highest BCUT2D eigenvalue weighted by atomic mass is 32.2. The van der Waals surface area contributed by atoms with Crippen LogP contribution in [0.15, 0.2) is 17.6 Å². The molecule has 1 heterocycles. The van der Waals surface area contributed by atoms with Gasteiger partial charge in [0.25, 0.3) is 10.0 Å². The Labute approximate surface area is 124 Å². The predicted octanol–water partition coefficient (Wildman–Crippen LogP) is -1.06. The van der Waals surface area contributed by atoms with Crippen LogP contribution in [0.4, 0.5) is 0 Å². The standard InChI is InChI=1S/C12H21N5O3S/c1-17-7-12(14-8-17)21(19,20)15-6-11(18)16-10-4-2-3-9(10)5-13/h7-10,15H,2-6,13H2,1H3,(H,16,18). The molecule has 1 fully saturated rings. The number of hydrogen-bond acceptors (Lipinski definition) is 5. The molecule has 0 aromatic carbocycles. The van der Waals surface area contributed by atoms with E-state index in [1.165, 1.54) is 17.1 Å². The van der Waals surface area contributed by atoms with Crippen molar-refractivity contribution in [1.29, 1.82) is 0 Å². The van der Waals surface area contributed by atoms with Crippen molar-refractivity contribution in [3.8, 4) is 0 Å². The van der Waals surface area contributed by atoms with Gasteiger partial charge in [0.2, 0.25) is 5.91 Å². The Hall–Kier alpha value is -1.45. The summed E-state index contributed by atoms with van der Waals surface area (Å²) < 4.78 is 27.6. The van der Waals surface area contributed by atoms with E-state index in [0.29, 0.717) is 6.54 Å². The van der Waals surface area contributed by atoms with Gasteiger partial charge in [-0.1, -0.05) is 6.42 Å². The van der Waals surface area contributed by atoms with Crippen molar-refractivity contribution in [2.24, 2.45) is 18.7 Å². The average Bonchev–Trinajstić information content (AvgIpc) is 3.05. The molecular weight excluding hydrogens is 294 g/mol. The largest absolute Gasteiger partial charge is 0.352 e. The zero-order valence-corrected chi connectivity index (χ0v) is 12.8. The maximum atomic E-state index is 11.9. The van der Waals surface area contributed by atoms with Gasteiger partial charge >= 0.3 is 0 Å². The number of sulfonamides is 1.